The monoisotopic (exact) mass is 509 g/mol. The molecule has 0 aliphatic carbocycles. The number of thioether (sulfide) groups is 1. The fourth-order valence-electron chi connectivity index (χ4n) is 3.51. The number of hydrogen-bond acceptors (Lipinski definition) is 7. The molecule has 1 fully saturated rings. The molecule has 7 nitrogen and oxygen atoms in total. The summed E-state index contributed by atoms with van der Waals surface area (Å²) in [6.45, 7) is 0.909. The lowest BCUT2D eigenvalue weighted by molar-refractivity contribution is -0.123. The number of amides is 2. The topological polar surface area (TPSA) is 74.3 Å². The number of ether oxygens (including phenoxy) is 4. The van der Waals surface area contributed by atoms with Crippen LogP contribution in [0.2, 0.25) is 5.02 Å². The maximum atomic E-state index is 12.7. The van der Waals surface area contributed by atoms with E-state index in [4.69, 9.17) is 30.5 Å². The summed E-state index contributed by atoms with van der Waals surface area (Å²) in [5.74, 6) is 2.30. The summed E-state index contributed by atoms with van der Waals surface area (Å²) in [5, 5.41) is 0.151. The highest BCUT2D eigenvalue weighted by molar-refractivity contribution is 8.18. The van der Waals surface area contributed by atoms with E-state index in [9.17, 15) is 9.59 Å². The number of benzene rings is 3. The number of nitrogens with zero attached hydrogens (tertiary/aromatic N) is 1. The first kappa shape index (κ1) is 23.1. The molecule has 0 atom stereocenters. The first-order chi connectivity index (χ1) is 17.1. The van der Waals surface area contributed by atoms with E-state index >= 15 is 0 Å². The Labute approximate surface area is 211 Å². The Hall–Kier alpha value is -3.62. The number of fused-ring (bicyclic) bond motifs is 1. The molecule has 0 unspecified atom stereocenters. The molecule has 0 saturated carbocycles. The zero-order valence-electron chi connectivity index (χ0n) is 18.4. The number of imide groups is 1. The van der Waals surface area contributed by atoms with Crippen LogP contribution in [0.25, 0.3) is 6.08 Å². The zero-order chi connectivity index (χ0) is 24.2. The van der Waals surface area contributed by atoms with Gasteiger partial charge in [-0.05, 0) is 65.4 Å². The normalized spacial score (nSPS) is 15.7. The van der Waals surface area contributed by atoms with Gasteiger partial charge in [-0.1, -0.05) is 41.9 Å². The summed E-state index contributed by atoms with van der Waals surface area (Å²) in [6.07, 6.45) is 1.70. The van der Waals surface area contributed by atoms with Crippen molar-refractivity contribution in [3.8, 4) is 23.0 Å². The fraction of sp³-hybridized carbons (Fsp3) is 0.154. The zero-order valence-corrected chi connectivity index (χ0v) is 20.0. The molecule has 2 heterocycles. The van der Waals surface area contributed by atoms with Crippen LogP contribution in [0, 0.1) is 0 Å². The molecule has 2 aliphatic heterocycles. The molecule has 35 heavy (non-hydrogen) atoms. The smallest absolute Gasteiger partial charge is 0.293 e. The SMILES string of the molecule is O=C1S/C(=C\c2ccc(OCc3ccc4c(c3)OCO4)cc2)C(=O)N1CCOc1ccccc1Cl. The average molecular weight is 510 g/mol. The minimum atomic E-state index is -0.342. The van der Waals surface area contributed by atoms with Gasteiger partial charge in [0.15, 0.2) is 11.5 Å². The van der Waals surface area contributed by atoms with Crippen molar-refractivity contribution >= 4 is 40.6 Å². The fourth-order valence-corrected chi connectivity index (χ4v) is 4.57. The first-order valence-corrected chi connectivity index (χ1v) is 12.0. The number of para-hydroxylation sites is 1. The average Bonchev–Trinajstić information content (AvgIpc) is 3.44. The van der Waals surface area contributed by atoms with E-state index in [0.29, 0.717) is 33.8 Å². The number of carbonyl (C=O) groups is 2. The van der Waals surface area contributed by atoms with Crippen molar-refractivity contribution < 1.29 is 28.5 Å². The van der Waals surface area contributed by atoms with Crippen molar-refractivity contribution in [1.29, 1.82) is 0 Å². The molecule has 0 radical (unpaired) electrons. The Bertz CT molecular complexity index is 1290. The Morgan fingerprint density at radius 3 is 2.60 bits per heavy atom. The summed E-state index contributed by atoms with van der Waals surface area (Å²) in [4.78, 5) is 26.6. The highest BCUT2D eigenvalue weighted by atomic mass is 35.5. The molecule has 3 aromatic carbocycles. The van der Waals surface area contributed by atoms with Crippen LogP contribution in [0.5, 0.6) is 23.0 Å². The molecule has 2 amide bonds. The number of hydrogen-bond donors (Lipinski definition) is 0. The molecule has 0 N–H and O–H groups in total. The van der Waals surface area contributed by atoms with E-state index < -0.39 is 0 Å². The lowest BCUT2D eigenvalue weighted by Gasteiger charge is -2.13. The number of rotatable bonds is 8. The second-order valence-corrected chi connectivity index (χ2v) is 9.06. The molecule has 178 valence electrons. The third kappa shape index (κ3) is 5.39. The largest absolute Gasteiger partial charge is 0.490 e. The Morgan fingerprint density at radius 2 is 1.77 bits per heavy atom. The van der Waals surface area contributed by atoms with Crippen molar-refractivity contribution in [1.82, 2.24) is 4.90 Å². The van der Waals surface area contributed by atoms with Gasteiger partial charge in [0.2, 0.25) is 6.79 Å². The van der Waals surface area contributed by atoms with Crippen LogP contribution in [0.1, 0.15) is 11.1 Å². The van der Waals surface area contributed by atoms with E-state index in [0.717, 1.165) is 28.6 Å². The van der Waals surface area contributed by atoms with Gasteiger partial charge >= 0.3 is 0 Å². The maximum absolute atomic E-state index is 12.7. The lowest BCUT2D eigenvalue weighted by atomic mass is 10.2. The molecular weight excluding hydrogens is 490 g/mol. The van der Waals surface area contributed by atoms with Crippen molar-refractivity contribution in [2.75, 3.05) is 19.9 Å². The van der Waals surface area contributed by atoms with E-state index in [1.54, 1.807) is 30.3 Å². The van der Waals surface area contributed by atoms with Crippen LogP contribution in [0.3, 0.4) is 0 Å². The van der Waals surface area contributed by atoms with Crippen LogP contribution in [0.4, 0.5) is 4.79 Å². The van der Waals surface area contributed by atoms with Crippen LogP contribution in [0.15, 0.2) is 71.6 Å². The van der Waals surface area contributed by atoms with Crippen molar-refractivity contribution in [2.24, 2.45) is 0 Å². The van der Waals surface area contributed by atoms with Gasteiger partial charge in [-0.3, -0.25) is 14.5 Å². The van der Waals surface area contributed by atoms with Gasteiger partial charge in [0.25, 0.3) is 11.1 Å². The molecule has 5 rings (SSSR count). The van der Waals surface area contributed by atoms with Crippen LogP contribution in [-0.4, -0.2) is 36.0 Å². The third-order valence-electron chi connectivity index (χ3n) is 5.30. The Morgan fingerprint density at radius 1 is 0.971 bits per heavy atom. The second kappa shape index (κ2) is 10.3. The molecule has 3 aromatic rings. The van der Waals surface area contributed by atoms with E-state index in [-0.39, 0.29) is 31.1 Å². The summed E-state index contributed by atoms with van der Waals surface area (Å²) in [6, 6.07) is 20.1. The lowest BCUT2D eigenvalue weighted by Crippen LogP contribution is -2.32. The highest BCUT2D eigenvalue weighted by Crippen LogP contribution is 2.34. The van der Waals surface area contributed by atoms with E-state index in [1.165, 1.54) is 4.90 Å². The van der Waals surface area contributed by atoms with Gasteiger partial charge in [-0.15, -0.1) is 0 Å². The number of halogens is 1. The first-order valence-electron chi connectivity index (χ1n) is 10.8. The van der Waals surface area contributed by atoms with Gasteiger partial charge < -0.3 is 18.9 Å². The van der Waals surface area contributed by atoms with Gasteiger partial charge in [0, 0.05) is 0 Å². The summed E-state index contributed by atoms with van der Waals surface area (Å²) in [7, 11) is 0. The Kier molecular flexibility index (Phi) is 6.83. The van der Waals surface area contributed by atoms with Crippen LogP contribution < -0.4 is 18.9 Å². The molecule has 1 saturated heterocycles. The summed E-state index contributed by atoms with van der Waals surface area (Å²) < 4.78 is 22.2. The third-order valence-corrected chi connectivity index (χ3v) is 6.52. The minimum absolute atomic E-state index is 0.139. The standard InChI is InChI=1S/C26H20ClNO6S/c27-20-3-1-2-4-21(20)31-12-11-28-25(29)24(35-26(28)30)14-17-5-8-19(9-6-17)32-15-18-7-10-22-23(13-18)34-16-33-22/h1-10,13-14H,11-12,15-16H2/b24-14-. The molecule has 2 aliphatic rings. The summed E-state index contributed by atoms with van der Waals surface area (Å²) >= 11 is 6.98. The van der Waals surface area contributed by atoms with Gasteiger partial charge in [-0.2, -0.15) is 0 Å². The minimum Gasteiger partial charge on any atom is -0.490 e. The maximum Gasteiger partial charge on any atom is 0.293 e. The molecule has 0 spiro atoms. The van der Waals surface area contributed by atoms with Crippen molar-refractivity contribution in [2.45, 2.75) is 6.61 Å². The summed E-state index contributed by atoms with van der Waals surface area (Å²) in [5.41, 5.74) is 1.75. The molecule has 0 bridgehead atoms. The predicted molar refractivity (Wildman–Crippen MR) is 133 cm³/mol. The molecule has 9 heteroatoms. The highest BCUT2D eigenvalue weighted by Gasteiger charge is 2.34. The van der Waals surface area contributed by atoms with Crippen LogP contribution in [-0.2, 0) is 11.4 Å². The number of carbonyl (C=O) groups excluding carboxylic acids is 2. The van der Waals surface area contributed by atoms with Crippen molar-refractivity contribution in [3.05, 3.63) is 87.8 Å². The molecule has 0 aromatic heterocycles. The van der Waals surface area contributed by atoms with Crippen LogP contribution >= 0.6 is 23.4 Å². The Balaban J connectivity index is 1.16. The van der Waals surface area contributed by atoms with Gasteiger partial charge in [-0.25, -0.2) is 0 Å². The van der Waals surface area contributed by atoms with E-state index in [2.05, 4.69) is 0 Å². The van der Waals surface area contributed by atoms with Gasteiger partial charge in [0.05, 0.1) is 16.5 Å². The molecular formula is C26H20ClNO6S. The quantitative estimate of drug-likeness (QED) is 0.357. The van der Waals surface area contributed by atoms with Gasteiger partial charge in [0.1, 0.15) is 24.7 Å². The predicted octanol–water partition coefficient (Wildman–Crippen LogP) is 5.76. The second-order valence-electron chi connectivity index (χ2n) is 7.66. The van der Waals surface area contributed by atoms with E-state index in [1.807, 2.05) is 42.5 Å². The van der Waals surface area contributed by atoms with Crippen molar-refractivity contribution in [3.63, 3.8) is 0 Å².